The summed E-state index contributed by atoms with van der Waals surface area (Å²) in [5.41, 5.74) is 8.37. The van der Waals surface area contributed by atoms with Gasteiger partial charge in [-0.05, 0) is 35.4 Å². The Hall–Kier alpha value is -1.65. The summed E-state index contributed by atoms with van der Waals surface area (Å²) in [6.45, 7) is 2.77. The van der Waals surface area contributed by atoms with Crippen LogP contribution in [0.4, 0.5) is 0 Å². The molecule has 0 radical (unpaired) electrons. The van der Waals surface area contributed by atoms with Gasteiger partial charge in [-0.25, -0.2) is 0 Å². The largest absolute Gasteiger partial charge is 0.508 e. The fourth-order valence-corrected chi connectivity index (χ4v) is 4.53. The molecule has 0 bridgehead atoms. The van der Waals surface area contributed by atoms with Gasteiger partial charge in [0, 0.05) is 28.5 Å². The maximum atomic E-state index is 9.65. The van der Waals surface area contributed by atoms with Crippen LogP contribution in [0, 0.1) is 0 Å². The monoisotopic (exact) mass is 301 g/mol. The maximum Gasteiger partial charge on any atom is 0.116 e. The second-order valence-electron chi connectivity index (χ2n) is 5.76. The van der Waals surface area contributed by atoms with Crippen molar-refractivity contribution >= 4 is 11.8 Å². The number of nitrogens with two attached hydrogens (primary N) is 1. The lowest BCUT2D eigenvalue weighted by Gasteiger charge is -2.42. The molecule has 1 aliphatic heterocycles. The Labute approximate surface area is 128 Å². The highest BCUT2D eigenvalue weighted by Crippen LogP contribution is 2.50. The Morgan fingerprint density at radius 1 is 1.14 bits per heavy atom. The van der Waals surface area contributed by atoms with E-state index in [1.54, 1.807) is 30.0 Å². The lowest BCUT2D eigenvalue weighted by atomic mass is 9.70. The third-order valence-corrected chi connectivity index (χ3v) is 5.84. The summed E-state index contributed by atoms with van der Waals surface area (Å²) in [6.07, 6.45) is 0. The molecule has 1 heterocycles. The zero-order chi connectivity index (χ0) is 15.0. The normalized spacial score (nSPS) is 24.6. The molecule has 2 aromatic carbocycles. The number of hydrogen-bond donors (Lipinski definition) is 3. The minimum absolute atomic E-state index is 0.0862. The number of thioether (sulfide) groups is 1. The van der Waals surface area contributed by atoms with Gasteiger partial charge in [0.05, 0.1) is 0 Å². The van der Waals surface area contributed by atoms with Crippen LogP contribution in [0.25, 0.3) is 0 Å². The first-order valence-electron chi connectivity index (χ1n) is 7.00. The summed E-state index contributed by atoms with van der Waals surface area (Å²) in [5, 5.41) is 19.1. The first-order chi connectivity index (χ1) is 10.0. The number of phenolic OH excluding ortho intramolecular Hbond substituents is 2. The van der Waals surface area contributed by atoms with Gasteiger partial charge in [-0.2, -0.15) is 0 Å². The van der Waals surface area contributed by atoms with Crippen molar-refractivity contribution in [2.24, 2.45) is 5.73 Å². The topological polar surface area (TPSA) is 66.5 Å². The van der Waals surface area contributed by atoms with Crippen LogP contribution in [0.1, 0.15) is 24.0 Å². The van der Waals surface area contributed by atoms with Crippen molar-refractivity contribution in [3.05, 3.63) is 53.6 Å². The van der Waals surface area contributed by atoms with Gasteiger partial charge in [0.1, 0.15) is 11.5 Å². The molecule has 3 rings (SSSR count). The number of phenols is 2. The van der Waals surface area contributed by atoms with Crippen LogP contribution in [-0.2, 0) is 5.41 Å². The average Bonchev–Trinajstić information content (AvgIpc) is 2.48. The molecule has 0 aliphatic carbocycles. The summed E-state index contributed by atoms with van der Waals surface area (Å²) in [4.78, 5) is 1.11. The molecule has 0 spiro atoms. The van der Waals surface area contributed by atoms with Gasteiger partial charge < -0.3 is 15.9 Å². The molecule has 4 heteroatoms. The van der Waals surface area contributed by atoms with E-state index in [1.807, 2.05) is 24.3 Å². The Morgan fingerprint density at radius 2 is 1.81 bits per heavy atom. The average molecular weight is 301 g/mol. The van der Waals surface area contributed by atoms with Crippen molar-refractivity contribution in [1.82, 2.24) is 0 Å². The van der Waals surface area contributed by atoms with E-state index < -0.39 is 0 Å². The Morgan fingerprint density at radius 3 is 2.48 bits per heavy atom. The molecule has 110 valence electrons. The van der Waals surface area contributed by atoms with E-state index in [2.05, 4.69) is 6.92 Å². The molecule has 1 aliphatic rings. The molecular formula is C17H19NO2S. The van der Waals surface area contributed by atoms with Crippen LogP contribution in [0.5, 0.6) is 11.5 Å². The van der Waals surface area contributed by atoms with Crippen LogP contribution in [0.2, 0.25) is 0 Å². The molecular weight excluding hydrogens is 282 g/mol. The third kappa shape index (κ3) is 2.39. The lowest BCUT2D eigenvalue weighted by Crippen LogP contribution is -2.39. The standard InChI is InChI=1S/C17H19NO2S/c1-17(11-2-4-12(19)5-3-11)10-21-16-8-13(20)6-7-14(16)15(17)9-18/h2-8,15,19-20H,9-10,18H2,1H3. The van der Waals surface area contributed by atoms with Gasteiger partial charge in [0.2, 0.25) is 0 Å². The predicted molar refractivity (Wildman–Crippen MR) is 86.1 cm³/mol. The number of fused-ring (bicyclic) bond motifs is 1. The van der Waals surface area contributed by atoms with Crippen molar-refractivity contribution < 1.29 is 10.2 Å². The van der Waals surface area contributed by atoms with Crippen LogP contribution in [-0.4, -0.2) is 22.5 Å². The fourth-order valence-electron chi connectivity index (χ4n) is 3.12. The lowest BCUT2D eigenvalue weighted by molar-refractivity contribution is 0.410. The molecule has 0 aromatic heterocycles. The molecule has 2 atom stereocenters. The van der Waals surface area contributed by atoms with Crippen molar-refractivity contribution in [2.75, 3.05) is 12.3 Å². The van der Waals surface area contributed by atoms with E-state index in [9.17, 15) is 10.2 Å². The molecule has 21 heavy (non-hydrogen) atoms. The van der Waals surface area contributed by atoms with Crippen LogP contribution in [0.3, 0.4) is 0 Å². The molecule has 0 amide bonds. The minimum atomic E-state index is -0.0862. The van der Waals surface area contributed by atoms with Crippen molar-refractivity contribution in [2.45, 2.75) is 23.2 Å². The van der Waals surface area contributed by atoms with E-state index in [4.69, 9.17) is 5.73 Å². The summed E-state index contributed by atoms with van der Waals surface area (Å²) < 4.78 is 0. The van der Waals surface area contributed by atoms with Crippen LogP contribution in [0.15, 0.2) is 47.4 Å². The second kappa shape index (κ2) is 5.28. The summed E-state index contributed by atoms with van der Waals surface area (Å²) in [7, 11) is 0. The van der Waals surface area contributed by atoms with E-state index >= 15 is 0 Å². The van der Waals surface area contributed by atoms with Gasteiger partial charge in [-0.3, -0.25) is 0 Å². The molecule has 0 fully saturated rings. The highest BCUT2D eigenvalue weighted by Gasteiger charge is 2.40. The van der Waals surface area contributed by atoms with E-state index in [0.29, 0.717) is 12.3 Å². The van der Waals surface area contributed by atoms with Gasteiger partial charge in [0.15, 0.2) is 0 Å². The predicted octanol–water partition coefficient (Wildman–Crippen LogP) is 3.20. The minimum Gasteiger partial charge on any atom is -0.508 e. The highest BCUT2D eigenvalue weighted by atomic mass is 32.2. The van der Waals surface area contributed by atoms with Crippen molar-refractivity contribution in [3.63, 3.8) is 0 Å². The van der Waals surface area contributed by atoms with Gasteiger partial charge in [-0.1, -0.05) is 25.1 Å². The molecule has 2 aromatic rings. The quantitative estimate of drug-likeness (QED) is 0.797. The fraction of sp³-hybridized carbons (Fsp3) is 0.294. The third-order valence-electron chi connectivity index (χ3n) is 4.43. The molecule has 2 unspecified atom stereocenters. The Balaban J connectivity index is 2.07. The van der Waals surface area contributed by atoms with Crippen molar-refractivity contribution in [3.8, 4) is 11.5 Å². The summed E-state index contributed by atoms with van der Waals surface area (Å²) >= 11 is 1.75. The number of rotatable bonds is 2. The zero-order valence-corrected chi connectivity index (χ0v) is 12.7. The number of benzene rings is 2. The number of hydrogen-bond acceptors (Lipinski definition) is 4. The van der Waals surface area contributed by atoms with Gasteiger partial charge in [0.25, 0.3) is 0 Å². The van der Waals surface area contributed by atoms with Crippen molar-refractivity contribution in [1.29, 1.82) is 0 Å². The summed E-state index contributed by atoms with van der Waals surface area (Å²) in [6, 6.07) is 12.9. The van der Waals surface area contributed by atoms with Crippen LogP contribution >= 0.6 is 11.8 Å². The van der Waals surface area contributed by atoms with Gasteiger partial charge in [-0.15, -0.1) is 11.8 Å². The molecule has 0 saturated heterocycles. The highest BCUT2D eigenvalue weighted by molar-refractivity contribution is 7.99. The van der Waals surface area contributed by atoms with Gasteiger partial charge >= 0.3 is 0 Å². The molecule has 3 nitrogen and oxygen atoms in total. The summed E-state index contributed by atoms with van der Waals surface area (Å²) in [5.74, 6) is 1.67. The molecule has 4 N–H and O–H groups in total. The number of aromatic hydroxyl groups is 2. The zero-order valence-electron chi connectivity index (χ0n) is 11.9. The molecule has 0 saturated carbocycles. The first-order valence-corrected chi connectivity index (χ1v) is 7.98. The SMILES string of the molecule is CC1(c2ccc(O)cc2)CSc2cc(O)ccc2C1CN. The second-order valence-corrected chi connectivity index (χ2v) is 6.78. The Bertz CT molecular complexity index is 656. The maximum absolute atomic E-state index is 9.65. The van der Waals surface area contributed by atoms with E-state index in [1.165, 1.54) is 11.1 Å². The van der Waals surface area contributed by atoms with E-state index in [0.717, 1.165) is 10.6 Å². The van der Waals surface area contributed by atoms with E-state index in [-0.39, 0.29) is 17.1 Å². The Kier molecular flexibility index (Phi) is 3.59. The van der Waals surface area contributed by atoms with Crippen LogP contribution < -0.4 is 5.73 Å². The first kappa shape index (κ1) is 14.3. The smallest absolute Gasteiger partial charge is 0.116 e.